The summed E-state index contributed by atoms with van der Waals surface area (Å²) >= 11 is 10.4. The Balaban J connectivity index is 0.000000165. The number of hydrogen-bond donors (Lipinski definition) is 11. The molecule has 0 atom stereocenters. The van der Waals surface area contributed by atoms with Crippen LogP contribution in [-0.4, -0.2) is 65.7 Å². The van der Waals surface area contributed by atoms with Gasteiger partial charge in [-0.05, 0) is 148 Å². The van der Waals surface area contributed by atoms with Gasteiger partial charge in [-0.25, -0.2) is 0 Å². The van der Waals surface area contributed by atoms with E-state index < -0.39 is 29.3 Å². The fourth-order valence-electron chi connectivity index (χ4n) is 10.7. The molecule has 0 bridgehead atoms. The average Bonchev–Trinajstić information content (AvgIpc) is 1.61. The summed E-state index contributed by atoms with van der Waals surface area (Å²) in [6.45, 7) is 0.689. The maximum absolute atomic E-state index is 13.5. The van der Waals surface area contributed by atoms with Gasteiger partial charge in [0.2, 0.25) is 17.7 Å². The molecule has 0 spiro atoms. The van der Waals surface area contributed by atoms with Gasteiger partial charge in [0, 0.05) is 89.6 Å². The quantitative estimate of drug-likeness (QED) is 0.0116. The molecule has 27 heteroatoms. The number of primary amides is 3. The number of fused-ring (bicyclic) bond motifs is 3. The second-order valence-electron chi connectivity index (χ2n) is 22.9. The first-order chi connectivity index (χ1) is 48.7. The first-order valence-electron chi connectivity index (χ1n) is 30.8. The summed E-state index contributed by atoms with van der Waals surface area (Å²) in [6, 6.07) is 45.8. The van der Waals surface area contributed by atoms with Gasteiger partial charge in [-0.1, -0.05) is 91.0 Å². The Morgan fingerprint density at radius 3 is 0.961 bits per heavy atom. The van der Waals surface area contributed by atoms with Crippen LogP contribution >= 0.6 is 77.0 Å². The van der Waals surface area contributed by atoms with Crippen LogP contribution in [0.15, 0.2) is 186 Å². The minimum absolute atomic E-state index is 0.00586. The summed E-state index contributed by atoms with van der Waals surface area (Å²) in [4.78, 5) is 74.6. The van der Waals surface area contributed by atoms with E-state index in [9.17, 15) is 59.4 Å². The third-order valence-corrected chi connectivity index (χ3v) is 18.6. The Morgan fingerprint density at radius 1 is 0.382 bits per heavy atom. The van der Waals surface area contributed by atoms with Crippen LogP contribution in [0.5, 0.6) is 51.7 Å². The van der Waals surface area contributed by atoms with Crippen LogP contribution in [0.25, 0.3) is 32.9 Å². The molecule has 0 aliphatic carbocycles. The third kappa shape index (κ3) is 17.5. The number of amides is 3. The molecule has 522 valence electrons. The smallest absolute Gasteiger partial charge is 0.217 e. The number of aromatic hydroxyl groups is 6. The van der Waals surface area contributed by atoms with Gasteiger partial charge in [-0.15, -0.1) is 0 Å². The number of nitrogens with two attached hydrogens (primary N) is 5. The Hall–Kier alpha value is -10.8. The monoisotopic (exact) mass is 1730 g/mol. The molecular weight excluding hydrogens is 1670 g/mol. The second kappa shape index (κ2) is 32.7. The van der Waals surface area contributed by atoms with Crippen LogP contribution in [-0.2, 0) is 53.5 Å². The standard InChI is InChI=1S/C25H19Br2NO6.C25H19I2NO6.C25H23N3O6/c3*26-16-8-14(9-17(27)25(16)32)24(31)23-15-10-18(29)21(33-12-13-4-2-1-3-5-13)11-20(15)34-19(23)6-7-22(28)30/h2*1-5,8-11,29,32H,6-7,12H2,(H2,28,30);1-5,8-11,29,32H,6-7,12,26-27H2,(H2,28,30). The van der Waals surface area contributed by atoms with Crippen molar-refractivity contribution in [1.29, 1.82) is 0 Å². The van der Waals surface area contributed by atoms with Gasteiger partial charge < -0.3 is 86.8 Å². The van der Waals surface area contributed by atoms with Crippen molar-refractivity contribution in [3.63, 3.8) is 0 Å². The van der Waals surface area contributed by atoms with Crippen molar-refractivity contribution in [3.8, 4) is 51.7 Å². The van der Waals surface area contributed by atoms with Gasteiger partial charge in [0.05, 0.1) is 44.2 Å². The molecule has 0 aliphatic heterocycles. The molecule has 23 nitrogen and oxygen atoms in total. The minimum Gasteiger partial charge on any atom is -0.506 e. The van der Waals surface area contributed by atoms with Gasteiger partial charge in [-0.3, -0.25) is 28.8 Å². The number of carbonyl (C=O) groups is 6. The van der Waals surface area contributed by atoms with Crippen LogP contribution in [0.2, 0.25) is 0 Å². The normalized spacial score (nSPS) is 11.0. The molecule has 16 N–H and O–H groups in total. The van der Waals surface area contributed by atoms with Crippen molar-refractivity contribution in [2.45, 2.75) is 58.3 Å². The summed E-state index contributed by atoms with van der Waals surface area (Å²) in [5.41, 5.74) is 32.3. The lowest BCUT2D eigenvalue weighted by Gasteiger charge is -2.09. The van der Waals surface area contributed by atoms with Crippen LogP contribution in [0.1, 0.15) is 101 Å². The number of furan rings is 3. The number of hydrogen-bond acceptors (Lipinski definition) is 20. The van der Waals surface area contributed by atoms with Crippen LogP contribution in [0.4, 0.5) is 11.4 Å². The molecule has 102 heavy (non-hydrogen) atoms. The first-order valence-corrected chi connectivity index (χ1v) is 34.6. The van der Waals surface area contributed by atoms with E-state index in [-0.39, 0.29) is 178 Å². The summed E-state index contributed by atoms with van der Waals surface area (Å²) in [7, 11) is 0. The van der Waals surface area contributed by atoms with Crippen molar-refractivity contribution >= 4 is 156 Å². The van der Waals surface area contributed by atoms with E-state index in [4.69, 9.17) is 56.1 Å². The minimum atomic E-state index is -0.563. The van der Waals surface area contributed by atoms with E-state index in [2.05, 4.69) is 31.9 Å². The first kappa shape index (κ1) is 73.9. The second-order valence-corrected chi connectivity index (χ2v) is 27.0. The number of anilines is 2. The zero-order valence-electron chi connectivity index (χ0n) is 53.4. The number of halogens is 4. The Bertz CT molecular complexity index is 4640. The number of ketones is 3. The Morgan fingerprint density at radius 2 is 0.667 bits per heavy atom. The topological polar surface area (TPSA) is 421 Å². The maximum Gasteiger partial charge on any atom is 0.217 e. The number of benzene rings is 9. The molecule has 0 aliphatic rings. The molecule has 0 saturated heterocycles. The maximum atomic E-state index is 13.5. The summed E-state index contributed by atoms with van der Waals surface area (Å²) in [5, 5.41) is 62.8. The summed E-state index contributed by atoms with van der Waals surface area (Å²) in [6.07, 6.45) is 0.212. The Labute approximate surface area is 624 Å². The van der Waals surface area contributed by atoms with Crippen molar-refractivity contribution in [1.82, 2.24) is 0 Å². The highest BCUT2D eigenvalue weighted by atomic mass is 127. The molecule has 12 aromatic rings. The SMILES string of the molecule is NC(=O)CCc1oc2cc(OCc3ccccc3)c(O)cc2c1C(=O)c1cc(Br)c(O)c(Br)c1.NC(=O)CCc1oc2cc(OCc3ccccc3)c(O)cc2c1C(=O)c1cc(I)c(O)c(I)c1.NC(=O)CCc1oc2cc(OCc3ccccc3)c(O)cc2c1C(=O)c1cc(N)c(O)c(N)c1. The fourth-order valence-corrected chi connectivity index (χ4v) is 13.6. The van der Waals surface area contributed by atoms with E-state index in [0.29, 0.717) is 49.0 Å². The number of nitrogen functional groups attached to an aromatic ring is 2. The largest absolute Gasteiger partial charge is 0.506 e. The average molecular weight is 1730 g/mol. The molecule has 12 rings (SSSR count). The highest BCUT2D eigenvalue weighted by Crippen LogP contribution is 2.43. The van der Waals surface area contributed by atoms with Crippen molar-refractivity contribution in [2.75, 3.05) is 11.5 Å². The lowest BCUT2D eigenvalue weighted by molar-refractivity contribution is -0.118. The predicted octanol–water partition coefficient (Wildman–Crippen LogP) is 14.1. The highest BCUT2D eigenvalue weighted by molar-refractivity contribution is 14.1. The molecule has 0 unspecified atom stereocenters. The number of carbonyl (C=O) groups excluding carboxylic acids is 6. The van der Waals surface area contributed by atoms with E-state index in [1.807, 2.05) is 136 Å². The molecule has 3 aromatic heterocycles. The molecular formula is C75H61Br2I2N5O18. The van der Waals surface area contributed by atoms with Crippen molar-refractivity contribution in [2.24, 2.45) is 17.2 Å². The lowest BCUT2D eigenvalue weighted by Crippen LogP contribution is -2.12. The lowest BCUT2D eigenvalue weighted by atomic mass is 9.97. The molecule has 0 fully saturated rings. The van der Waals surface area contributed by atoms with Gasteiger partial charge in [0.15, 0.2) is 57.6 Å². The van der Waals surface area contributed by atoms with Gasteiger partial charge >= 0.3 is 0 Å². The zero-order valence-corrected chi connectivity index (χ0v) is 60.9. The van der Waals surface area contributed by atoms with Crippen LogP contribution < -0.4 is 42.9 Å². The molecule has 0 saturated carbocycles. The number of phenols is 6. The molecule has 3 heterocycles. The summed E-state index contributed by atoms with van der Waals surface area (Å²) < 4.78 is 36.8. The summed E-state index contributed by atoms with van der Waals surface area (Å²) in [5.74, 6) is -2.31. The molecule has 0 radical (unpaired) electrons. The van der Waals surface area contributed by atoms with Crippen LogP contribution in [0, 0.1) is 7.14 Å². The highest BCUT2D eigenvalue weighted by Gasteiger charge is 2.29. The third-order valence-electron chi connectivity index (χ3n) is 15.7. The van der Waals surface area contributed by atoms with Crippen molar-refractivity contribution < 1.29 is 86.9 Å². The van der Waals surface area contributed by atoms with E-state index >= 15 is 0 Å². The van der Waals surface area contributed by atoms with Crippen LogP contribution in [0.3, 0.4) is 0 Å². The van der Waals surface area contributed by atoms with Gasteiger partial charge in [0.1, 0.15) is 65.3 Å². The van der Waals surface area contributed by atoms with E-state index in [1.54, 1.807) is 12.1 Å². The molecule has 3 amide bonds. The number of rotatable bonds is 24. The number of ether oxygens (including phenoxy) is 3. The van der Waals surface area contributed by atoms with E-state index in [1.165, 1.54) is 60.7 Å². The molecule has 9 aromatic carbocycles. The van der Waals surface area contributed by atoms with E-state index in [0.717, 1.165) is 16.7 Å². The zero-order chi connectivity index (χ0) is 73.2. The number of phenolic OH excluding ortho intramolecular Hbond substituents is 6. The Kier molecular flexibility index (Phi) is 23.7. The van der Waals surface area contributed by atoms with Gasteiger partial charge in [-0.2, -0.15) is 0 Å². The fraction of sp³-hybridized carbons (Fsp3) is 0.120. The van der Waals surface area contributed by atoms with Gasteiger partial charge in [0.25, 0.3) is 0 Å². The van der Waals surface area contributed by atoms with Crippen molar-refractivity contribution in [3.05, 3.63) is 247 Å². The number of aryl methyl sites for hydroxylation is 3. The predicted molar refractivity (Wildman–Crippen MR) is 403 cm³/mol.